The predicted octanol–water partition coefficient (Wildman–Crippen LogP) is 2.05. The molecule has 0 radical (unpaired) electrons. The molecule has 5 heteroatoms. The van der Waals surface area contributed by atoms with Gasteiger partial charge in [0.1, 0.15) is 11.9 Å². The molecule has 2 bridgehead atoms. The van der Waals surface area contributed by atoms with E-state index in [-0.39, 0.29) is 5.92 Å². The van der Waals surface area contributed by atoms with Gasteiger partial charge in [-0.05, 0) is 67.9 Å². The highest BCUT2D eigenvalue weighted by Gasteiger charge is 2.72. The Bertz CT molecular complexity index is 849. The number of hydrogen-bond acceptors (Lipinski definition) is 4. The molecule has 1 aromatic rings. The molecule has 144 valence electrons. The van der Waals surface area contributed by atoms with E-state index >= 15 is 0 Å². The average molecular weight is 369 g/mol. The van der Waals surface area contributed by atoms with Crippen molar-refractivity contribution in [1.82, 2.24) is 0 Å². The van der Waals surface area contributed by atoms with Gasteiger partial charge in [-0.3, -0.25) is 4.79 Å². The molecular formula is C22H27NO4. The molecule has 5 aliphatic rings. The number of primary amides is 1. The van der Waals surface area contributed by atoms with E-state index in [2.05, 4.69) is 0 Å². The molecule has 1 amide bonds. The fourth-order valence-electron chi connectivity index (χ4n) is 7.22. The molecule has 27 heavy (non-hydrogen) atoms. The zero-order valence-corrected chi connectivity index (χ0v) is 15.5. The third-order valence-corrected chi connectivity index (χ3v) is 8.49. The molecule has 0 saturated heterocycles. The molecule has 6 rings (SSSR count). The molecule has 4 N–H and O–H groups in total. The first-order valence-corrected chi connectivity index (χ1v) is 10.5. The first-order valence-electron chi connectivity index (χ1n) is 10.5. The minimum absolute atomic E-state index is 0.211. The highest BCUT2D eigenvalue weighted by Crippen LogP contribution is 2.68. The maximum absolute atomic E-state index is 12.2. The van der Waals surface area contributed by atoms with E-state index in [0.717, 1.165) is 30.7 Å². The molecule has 5 nitrogen and oxygen atoms in total. The summed E-state index contributed by atoms with van der Waals surface area (Å²) in [6.07, 6.45) is 6.67. The van der Waals surface area contributed by atoms with E-state index in [4.69, 9.17) is 10.5 Å². The van der Waals surface area contributed by atoms with Crippen LogP contribution in [0.2, 0.25) is 0 Å². The van der Waals surface area contributed by atoms with Crippen molar-refractivity contribution in [3.8, 4) is 5.75 Å². The molecule has 3 saturated carbocycles. The summed E-state index contributed by atoms with van der Waals surface area (Å²) in [5.41, 5.74) is 6.70. The highest BCUT2D eigenvalue weighted by molar-refractivity contribution is 5.97. The van der Waals surface area contributed by atoms with E-state index < -0.39 is 29.1 Å². The normalized spacial score (nSPS) is 43.8. The zero-order chi connectivity index (χ0) is 18.6. The number of carbonyl (C=O) groups is 1. The lowest BCUT2D eigenvalue weighted by atomic mass is 9.43. The third-order valence-electron chi connectivity index (χ3n) is 8.49. The number of hydrogen-bond donors (Lipinski definition) is 3. The summed E-state index contributed by atoms with van der Waals surface area (Å²) >= 11 is 0. The summed E-state index contributed by atoms with van der Waals surface area (Å²) in [7, 11) is 0. The number of aliphatic hydroxyl groups excluding tert-OH is 1. The summed E-state index contributed by atoms with van der Waals surface area (Å²) in [6, 6.07) is 3.78. The lowest BCUT2D eigenvalue weighted by Crippen LogP contribution is -2.72. The Kier molecular flexibility index (Phi) is 3.07. The molecule has 1 heterocycles. The smallest absolute Gasteiger partial charge is 0.252 e. The van der Waals surface area contributed by atoms with Gasteiger partial charge in [0.05, 0.1) is 22.7 Å². The Morgan fingerprint density at radius 2 is 2.04 bits per heavy atom. The van der Waals surface area contributed by atoms with Crippen molar-refractivity contribution in [3.05, 3.63) is 28.8 Å². The van der Waals surface area contributed by atoms with Crippen LogP contribution in [-0.4, -0.2) is 33.9 Å². The van der Waals surface area contributed by atoms with Crippen LogP contribution in [0.3, 0.4) is 0 Å². The van der Waals surface area contributed by atoms with Gasteiger partial charge in [-0.25, -0.2) is 0 Å². The van der Waals surface area contributed by atoms with Crippen LogP contribution in [0.4, 0.5) is 0 Å². The Balaban J connectivity index is 1.57. The minimum atomic E-state index is -0.858. The Morgan fingerprint density at radius 3 is 2.78 bits per heavy atom. The van der Waals surface area contributed by atoms with Crippen LogP contribution in [-0.2, 0) is 11.8 Å². The fourth-order valence-corrected chi connectivity index (χ4v) is 7.22. The maximum atomic E-state index is 12.2. The van der Waals surface area contributed by atoms with Gasteiger partial charge in [-0.1, -0.05) is 18.9 Å². The van der Waals surface area contributed by atoms with Crippen molar-refractivity contribution in [3.63, 3.8) is 0 Å². The van der Waals surface area contributed by atoms with Crippen molar-refractivity contribution in [2.24, 2.45) is 23.5 Å². The van der Waals surface area contributed by atoms with Gasteiger partial charge in [0.2, 0.25) is 0 Å². The largest absolute Gasteiger partial charge is 0.486 e. The molecular weight excluding hydrogens is 342 g/mol. The van der Waals surface area contributed by atoms with E-state index in [9.17, 15) is 15.0 Å². The van der Waals surface area contributed by atoms with Crippen LogP contribution >= 0.6 is 0 Å². The van der Waals surface area contributed by atoms with E-state index in [0.29, 0.717) is 30.1 Å². The Labute approximate surface area is 158 Å². The van der Waals surface area contributed by atoms with Crippen molar-refractivity contribution in [1.29, 1.82) is 0 Å². The van der Waals surface area contributed by atoms with Crippen LogP contribution in [0, 0.1) is 17.8 Å². The van der Waals surface area contributed by atoms with Crippen molar-refractivity contribution in [2.75, 3.05) is 0 Å². The van der Waals surface area contributed by atoms with Crippen molar-refractivity contribution >= 4 is 5.91 Å². The number of carbonyl (C=O) groups excluding carboxylic acids is 1. The van der Waals surface area contributed by atoms with Crippen LogP contribution in [0.1, 0.15) is 66.4 Å². The quantitative estimate of drug-likeness (QED) is 0.760. The standard InChI is InChI=1S/C22H27NO4/c23-20(25)14-4-3-13-10-15-12(9-11-1-2-11)5-7-21-17(13)18(14)27-19(21)16(24)6-8-22(15,21)26/h3-4,11-12,15-16,19,24,26H,1-2,5-10H2,(H2,23,25). The first-order chi connectivity index (χ1) is 13.0. The molecule has 3 fully saturated rings. The van der Waals surface area contributed by atoms with Crippen molar-refractivity contribution < 1.29 is 19.7 Å². The van der Waals surface area contributed by atoms with Crippen LogP contribution in [0.5, 0.6) is 5.75 Å². The number of ether oxygens (including phenoxy) is 1. The molecule has 0 aromatic heterocycles. The molecule has 1 aromatic carbocycles. The van der Waals surface area contributed by atoms with Gasteiger partial charge < -0.3 is 20.7 Å². The molecule has 6 atom stereocenters. The second kappa shape index (κ2) is 5.06. The number of benzene rings is 1. The second-order valence-electron chi connectivity index (χ2n) is 9.67. The molecule has 1 aliphatic heterocycles. The fraction of sp³-hybridized carbons (Fsp3) is 0.682. The zero-order valence-electron chi connectivity index (χ0n) is 15.5. The maximum Gasteiger partial charge on any atom is 0.252 e. The molecule has 4 aliphatic carbocycles. The first kappa shape index (κ1) is 16.4. The van der Waals surface area contributed by atoms with Gasteiger partial charge in [-0.2, -0.15) is 0 Å². The summed E-state index contributed by atoms with van der Waals surface area (Å²) in [5, 5.41) is 23.0. The van der Waals surface area contributed by atoms with Crippen molar-refractivity contribution in [2.45, 2.75) is 74.6 Å². The van der Waals surface area contributed by atoms with E-state index in [1.165, 1.54) is 24.8 Å². The molecule has 1 spiro atoms. The highest BCUT2D eigenvalue weighted by atomic mass is 16.5. The van der Waals surface area contributed by atoms with E-state index in [1.54, 1.807) is 6.07 Å². The third kappa shape index (κ3) is 1.85. The van der Waals surface area contributed by atoms with Crippen LogP contribution in [0.25, 0.3) is 0 Å². The van der Waals surface area contributed by atoms with Gasteiger partial charge >= 0.3 is 0 Å². The summed E-state index contributed by atoms with van der Waals surface area (Å²) in [6.45, 7) is 0. The lowest BCUT2D eigenvalue weighted by molar-refractivity contribution is -0.209. The van der Waals surface area contributed by atoms with Gasteiger partial charge in [0, 0.05) is 5.56 Å². The lowest BCUT2D eigenvalue weighted by Gasteiger charge is -2.63. The Hall–Kier alpha value is -1.59. The Morgan fingerprint density at radius 1 is 1.22 bits per heavy atom. The molecule has 6 unspecified atom stereocenters. The van der Waals surface area contributed by atoms with Gasteiger partial charge in [0.25, 0.3) is 5.91 Å². The predicted molar refractivity (Wildman–Crippen MR) is 98.5 cm³/mol. The summed E-state index contributed by atoms with van der Waals surface area (Å²) < 4.78 is 6.27. The average Bonchev–Trinajstić information content (AvgIpc) is 3.37. The topological polar surface area (TPSA) is 92.8 Å². The number of aliphatic hydroxyl groups is 2. The van der Waals surface area contributed by atoms with E-state index in [1.807, 2.05) is 6.07 Å². The van der Waals surface area contributed by atoms with Crippen LogP contribution < -0.4 is 10.5 Å². The number of rotatable bonds is 3. The van der Waals surface area contributed by atoms with Gasteiger partial charge in [-0.15, -0.1) is 0 Å². The minimum Gasteiger partial charge on any atom is -0.486 e. The summed E-state index contributed by atoms with van der Waals surface area (Å²) in [4.78, 5) is 12.0. The monoisotopic (exact) mass is 369 g/mol. The SMILES string of the molecule is NC(=O)c1ccc2c3c1OC1C(O)CCC4(O)C(C2)C(CC2CC2)CCC314. The second-order valence-corrected chi connectivity index (χ2v) is 9.67. The van der Waals surface area contributed by atoms with Crippen LogP contribution in [0.15, 0.2) is 12.1 Å². The summed E-state index contributed by atoms with van der Waals surface area (Å²) in [5.74, 6) is 1.61. The van der Waals surface area contributed by atoms with Gasteiger partial charge in [0.15, 0.2) is 0 Å². The number of amides is 1. The number of nitrogens with two attached hydrogens (primary N) is 1.